The average Bonchev–Trinajstić information content (AvgIpc) is 2.02. The number of allylic oxidation sites excluding steroid dienone is 1. The molecule has 0 saturated carbocycles. The number of hydrogen-bond acceptors (Lipinski definition) is 2. The maximum Gasteiger partial charge on any atom is 0.0522 e. The first kappa shape index (κ1) is 8.95. The molecule has 0 bridgehead atoms. The van der Waals surface area contributed by atoms with Crippen molar-refractivity contribution in [2.45, 2.75) is 13.8 Å². The first-order valence-electron chi connectivity index (χ1n) is 5.06. The van der Waals surface area contributed by atoms with E-state index in [-0.39, 0.29) is 0 Å². The van der Waals surface area contributed by atoms with Gasteiger partial charge in [-0.2, -0.15) is 0 Å². The number of hydrogen-bond donors (Lipinski definition) is 0. The molecule has 13 heavy (non-hydrogen) atoms. The van der Waals surface area contributed by atoms with Gasteiger partial charge < -0.3 is 4.74 Å². The molecule has 2 nitrogen and oxygen atoms in total. The summed E-state index contributed by atoms with van der Waals surface area (Å²) in [7, 11) is 0. The molecule has 2 heterocycles. The van der Waals surface area contributed by atoms with Gasteiger partial charge in [0, 0.05) is 24.6 Å². The summed E-state index contributed by atoms with van der Waals surface area (Å²) in [5.41, 5.74) is 1.56. The van der Waals surface area contributed by atoms with Crippen LogP contribution in [0.25, 0.3) is 0 Å². The van der Waals surface area contributed by atoms with Crippen LogP contribution in [0.1, 0.15) is 13.8 Å². The molecule has 0 unspecified atom stereocenters. The van der Waals surface area contributed by atoms with Gasteiger partial charge in [0.1, 0.15) is 0 Å². The molecule has 1 fully saturated rings. The first-order chi connectivity index (χ1) is 6.29. The summed E-state index contributed by atoms with van der Waals surface area (Å²) >= 11 is 0. The van der Waals surface area contributed by atoms with Crippen molar-refractivity contribution in [1.29, 1.82) is 0 Å². The second kappa shape index (κ2) is 3.62. The van der Waals surface area contributed by atoms with E-state index in [2.05, 4.69) is 24.9 Å². The SMILES string of the molecule is CC(C)C1=CC=NC[C@@H]1C1COC1. The van der Waals surface area contributed by atoms with Gasteiger partial charge in [-0.15, -0.1) is 0 Å². The van der Waals surface area contributed by atoms with Gasteiger partial charge >= 0.3 is 0 Å². The smallest absolute Gasteiger partial charge is 0.0522 e. The summed E-state index contributed by atoms with van der Waals surface area (Å²) in [6.07, 6.45) is 4.14. The average molecular weight is 179 g/mol. The number of dihydropyridines is 1. The first-order valence-corrected chi connectivity index (χ1v) is 5.06. The Hall–Kier alpha value is -0.630. The van der Waals surface area contributed by atoms with E-state index in [1.807, 2.05) is 6.21 Å². The quantitative estimate of drug-likeness (QED) is 0.634. The van der Waals surface area contributed by atoms with Crippen LogP contribution in [0.3, 0.4) is 0 Å². The van der Waals surface area contributed by atoms with Gasteiger partial charge in [-0.25, -0.2) is 0 Å². The fourth-order valence-electron chi connectivity index (χ4n) is 2.07. The normalized spacial score (nSPS) is 28.8. The Morgan fingerprint density at radius 1 is 1.46 bits per heavy atom. The van der Waals surface area contributed by atoms with Crippen LogP contribution in [0.15, 0.2) is 16.6 Å². The zero-order valence-corrected chi connectivity index (χ0v) is 8.36. The molecule has 1 atom stereocenters. The van der Waals surface area contributed by atoms with Crippen LogP contribution in [0.5, 0.6) is 0 Å². The fraction of sp³-hybridized carbons (Fsp3) is 0.727. The van der Waals surface area contributed by atoms with Crippen molar-refractivity contribution in [2.24, 2.45) is 22.7 Å². The van der Waals surface area contributed by atoms with Gasteiger partial charge in [0.15, 0.2) is 0 Å². The lowest BCUT2D eigenvalue weighted by molar-refractivity contribution is -0.0530. The predicted octanol–water partition coefficient (Wildman–Crippen LogP) is 1.92. The van der Waals surface area contributed by atoms with Gasteiger partial charge in [-0.3, -0.25) is 4.99 Å². The maximum absolute atomic E-state index is 5.24. The van der Waals surface area contributed by atoms with Crippen LogP contribution in [0.4, 0.5) is 0 Å². The van der Waals surface area contributed by atoms with Crippen LogP contribution in [-0.4, -0.2) is 26.0 Å². The summed E-state index contributed by atoms with van der Waals surface area (Å²) in [6.45, 7) is 7.36. The van der Waals surface area contributed by atoms with E-state index < -0.39 is 0 Å². The number of aliphatic imine (C=N–C) groups is 1. The molecule has 1 saturated heterocycles. The second-order valence-electron chi connectivity index (χ2n) is 4.24. The number of nitrogens with zero attached hydrogens (tertiary/aromatic N) is 1. The molecular weight excluding hydrogens is 162 g/mol. The highest BCUT2D eigenvalue weighted by atomic mass is 16.5. The van der Waals surface area contributed by atoms with E-state index in [9.17, 15) is 0 Å². The Morgan fingerprint density at radius 3 is 2.77 bits per heavy atom. The molecule has 72 valence electrons. The van der Waals surface area contributed by atoms with Crippen LogP contribution >= 0.6 is 0 Å². The molecule has 0 aromatic heterocycles. The molecule has 0 N–H and O–H groups in total. The minimum atomic E-state index is 0.650. The third-order valence-corrected chi connectivity index (χ3v) is 3.00. The largest absolute Gasteiger partial charge is 0.381 e. The summed E-state index contributed by atoms with van der Waals surface area (Å²) in [4.78, 5) is 4.34. The molecule has 2 aliphatic rings. The van der Waals surface area contributed by atoms with Gasteiger partial charge in [0.2, 0.25) is 0 Å². The zero-order valence-electron chi connectivity index (χ0n) is 8.36. The lowest BCUT2D eigenvalue weighted by atomic mass is 9.79. The van der Waals surface area contributed by atoms with Crippen molar-refractivity contribution in [3.8, 4) is 0 Å². The van der Waals surface area contributed by atoms with Gasteiger partial charge in [0.25, 0.3) is 0 Å². The third-order valence-electron chi connectivity index (χ3n) is 3.00. The van der Waals surface area contributed by atoms with Gasteiger partial charge in [-0.05, 0) is 12.0 Å². The van der Waals surface area contributed by atoms with E-state index in [0.717, 1.165) is 25.7 Å². The summed E-state index contributed by atoms with van der Waals surface area (Å²) in [6, 6.07) is 0. The predicted molar refractivity (Wildman–Crippen MR) is 54.1 cm³/mol. The minimum absolute atomic E-state index is 0.650. The van der Waals surface area contributed by atoms with Crippen molar-refractivity contribution >= 4 is 6.21 Å². The van der Waals surface area contributed by atoms with Crippen molar-refractivity contribution in [1.82, 2.24) is 0 Å². The standard InChI is InChI=1S/C11H17NO/c1-8(2)10-3-4-12-5-11(10)9-6-13-7-9/h3-4,8-9,11H,5-7H2,1-2H3/t11-/m1/s1. The van der Waals surface area contributed by atoms with Crippen molar-refractivity contribution < 1.29 is 4.74 Å². The fourth-order valence-corrected chi connectivity index (χ4v) is 2.07. The monoisotopic (exact) mass is 179 g/mol. The maximum atomic E-state index is 5.24. The van der Waals surface area contributed by atoms with Crippen LogP contribution in [-0.2, 0) is 4.74 Å². The zero-order chi connectivity index (χ0) is 9.26. The molecule has 0 radical (unpaired) electrons. The molecule has 0 spiro atoms. The highest BCUT2D eigenvalue weighted by molar-refractivity contribution is 5.73. The number of rotatable bonds is 2. The Morgan fingerprint density at radius 2 is 2.23 bits per heavy atom. The minimum Gasteiger partial charge on any atom is -0.381 e. The van der Waals surface area contributed by atoms with Crippen molar-refractivity contribution in [3.63, 3.8) is 0 Å². The van der Waals surface area contributed by atoms with Crippen molar-refractivity contribution in [3.05, 3.63) is 11.6 Å². The van der Waals surface area contributed by atoms with E-state index >= 15 is 0 Å². The molecular formula is C11H17NO. The topological polar surface area (TPSA) is 21.6 Å². The third kappa shape index (κ3) is 1.68. The summed E-state index contributed by atoms with van der Waals surface area (Å²) < 4.78 is 5.24. The van der Waals surface area contributed by atoms with Crippen LogP contribution < -0.4 is 0 Å². The molecule has 0 aromatic carbocycles. The molecule has 0 aromatic rings. The lowest BCUT2D eigenvalue weighted by Gasteiger charge is -2.36. The van der Waals surface area contributed by atoms with Crippen LogP contribution in [0.2, 0.25) is 0 Å². The Kier molecular flexibility index (Phi) is 2.49. The molecule has 0 aliphatic carbocycles. The van der Waals surface area contributed by atoms with E-state index in [0.29, 0.717) is 11.8 Å². The highest BCUT2D eigenvalue weighted by Gasteiger charge is 2.32. The van der Waals surface area contributed by atoms with E-state index in [1.54, 1.807) is 5.57 Å². The number of ether oxygens (including phenoxy) is 1. The molecule has 2 rings (SSSR count). The molecule has 2 heteroatoms. The van der Waals surface area contributed by atoms with E-state index in [1.165, 1.54) is 0 Å². The van der Waals surface area contributed by atoms with Gasteiger partial charge in [0.05, 0.1) is 13.2 Å². The highest BCUT2D eigenvalue weighted by Crippen LogP contribution is 2.32. The van der Waals surface area contributed by atoms with Crippen molar-refractivity contribution in [2.75, 3.05) is 19.8 Å². The Labute approximate surface area is 79.7 Å². The molecule has 2 aliphatic heterocycles. The Balaban J connectivity index is 2.09. The molecule has 0 amide bonds. The van der Waals surface area contributed by atoms with E-state index in [4.69, 9.17) is 4.74 Å². The summed E-state index contributed by atoms with van der Waals surface area (Å²) in [5.74, 6) is 2.03. The van der Waals surface area contributed by atoms with Gasteiger partial charge in [-0.1, -0.05) is 19.4 Å². The Bertz CT molecular complexity index is 238. The summed E-state index contributed by atoms with van der Waals surface area (Å²) in [5, 5.41) is 0. The second-order valence-corrected chi connectivity index (χ2v) is 4.24. The lowest BCUT2D eigenvalue weighted by Crippen LogP contribution is -2.38. The van der Waals surface area contributed by atoms with Crippen LogP contribution in [0, 0.1) is 17.8 Å².